The molecule has 2 aliphatic rings. The van der Waals surface area contributed by atoms with E-state index in [1.54, 1.807) is 0 Å². The first-order valence-electron chi connectivity index (χ1n) is 20.0. The van der Waals surface area contributed by atoms with Crippen molar-refractivity contribution < 1.29 is 0 Å². The van der Waals surface area contributed by atoms with Crippen LogP contribution >= 0.6 is 23.1 Å². The van der Waals surface area contributed by atoms with Gasteiger partial charge in [-0.2, -0.15) is 0 Å². The highest BCUT2D eigenvalue weighted by molar-refractivity contribution is 8.03. The van der Waals surface area contributed by atoms with E-state index in [2.05, 4.69) is 196 Å². The van der Waals surface area contributed by atoms with Gasteiger partial charge in [-0.15, -0.1) is 11.3 Å². The molecule has 7 aromatic rings. The third-order valence-corrected chi connectivity index (χ3v) is 13.4. The molecule has 1 aromatic heterocycles. The lowest BCUT2D eigenvalue weighted by Crippen LogP contribution is -1.96. The molecule has 0 unspecified atom stereocenters. The van der Waals surface area contributed by atoms with Gasteiger partial charge < -0.3 is 0 Å². The van der Waals surface area contributed by atoms with Gasteiger partial charge >= 0.3 is 0 Å². The summed E-state index contributed by atoms with van der Waals surface area (Å²) in [4.78, 5) is 2.72. The number of hydrogen-bond donors (Lipinski definition) is 0. The molecule has 280 valence electrons. The van der Waals surface area contributed by atoms with Crippen LogP contribution in [0.25, 0.3) is 63.6 Å². The topological polar surface area (TPSA) is 0 Å². The first-order chi connectivity index (χ1) is 28.6. The van der Waals surface area contributed by atoms with Crippen LogP contribution in [0.4, 0.5) is 0 Å². The number of benzene rings is 6. The Morgan fingerprint density at radius 1 is 0.638 bits per heavy atom. The first kappa shape index (κ1) is 37.4. The lowest BCUT2D eigenvalue weighted by Gasteiger charge is -2.19. The Morgan fingerprint density at radius 2 is 1.33 bits per heavy atom. The van der Waals surface area contributed by atoms with E-state index in [0.29, 0.717) is 0 Å². The summed E-state index contributed by atoms with van der Waals surface area (Å²) in [5.74, 6) is 0. The van der Waals surface area contributed by atoms with Crippen molar-refractivity contribution >= 4 is 86.7 Å². The Kier molecular flexibility index (Phi) is 10.8. The zero-order valence-electron chi connectivity index (χ0n) is 32.7. The molecule has 9 rings (SSSR count). The third kappa shape index (κ3) is 7.38. The van der Waals surface area contributed by atoms with Gasteiger partial charge in [0.2, 0.25) is 0 Å². The average molecular weight is 781 g/mol. The summed E-state index contributed by atoms with van der Waals surface area (Å²) < 4.78 is 2.70. The molecule has 0 amide bonds. The van der Waals surface area contributed by atoms with E-state index in [1.165, 1.54) is 90.1 Å². The van der Waals surface area contributed by atoms with Crippen molar-refractivity contribution in [1.29, 1.82) is 0 Å². The van der Waals surface area contributed by atoms with Crippen LogP contribution in [0.15, 0.2) is 222 Å². The SMILES string of the molecule is C=C/C=C(/C=C\C(=C\C=C)c1c2ccccc2c(C2=C/C=C\C/C=C\C=C/C2)c2ccccc12)C(\C)=C\C=C1/Cc2cc3cc4c(cc3cc2S1)sc1ccccc14. The second kappa shape index (κ2) is 16.7. The van der Waals surface area contributed by atoms with Crippen molar-refractivity contribution in [2.75, 3.05) is 0 Å². The summed E-state index contributed by atoms with van der Waals surface area (Å²) >= 11 is 3.78. The van der Waals surface area contributed by atoms with Crippen molar-refractivity contribution in [1.82, 2.24) is 0 Å². The molecule has 1 aliphatic carbocycles. The van der Waals surface area contributed by atoms with Gasteiger partial charge in [-0.1, -0.05) is 183 Å². The van der Waals surface area contributed by atoms with Crippen LogP contribution in [0.2, 0.25) is 0 Å². The Hall–Kier alpha value is -6.19. The van der Waals surface area contributed by atoms with Gasteiger partial charge in [-0.25, -0.2) is 0 Å². The number of hydrogen-bond acceptors (Lipinski definition) is 2. The van der Waals surface area contributed by atoms with Crippen molar-refractivity contribution in [3.63, 3.8) is 0 Å². The van der Waals surface area contributed by atoms with Crippen LogP contribution in [0.5, 0.6) is 0 Å². The smallest absolute Gasteiger partial charge is 0.0361 e. The predicted octanol–water partition coefficient (Wildman–Crippen LogP) is 16.8. The molecular formula is C56H44S2. The van der Waals surface area contributed by atoms with E-state index in [1.807, 2.05) is 35.3 Å². The predicted molar refractivity (Wildman–Crippen MR) is 260 cm³/mol. The lowest BCUT2D eigenvalue weighted by molar-refractivity contribution is 1.22. The highest BCUT2D eigenvalue weighted by atomic mass is 32.2. The minimum Gasteiger partial charge on any atom is -0.135 e. The van der Waals surface area contributed by atoms with E-state index < -0.39 is 0 Å². The standard InChI is InChI=1S/C56H44S2/c1-4-19-39(38(3)29-32-45-34-44-33-42-35-51-46-23-17-18-28-52(46)58-54(51)37-43(42)36-53(44)57-45)30-31-40(20-5-2)55-47-24-13-15-26-49(47)56(50-27-16-14-25-48(50)55)41-21-11-9-7-6-8-10-12-22-41/h4-7,9-20,22-33,35-37H,1-2,8,21,34H2,3H3/b7-6-,11-9-,12-10-,31-30-,38-29+,39-19-,40-20-,41-22?,45-32+. The van der Waals surface area contributed by atoms with Crippen LogP contribution in [0.3, 0.4) is 0 Å². The maximum atomic E-state index is 4.15. The maximum absolute atomic E-state index is 4.15. The van der Waals surface area contributed by atoms with E-state index in [-0.39, 0.29) is 0 Å². The Morgan fingerprint density at radius 3 is 2.10 bits per heavy atom. The largest absolute Gasteiger partial charge is 0.135 e. The molecule has 0 saturated heterocycles. The molecule has 0 atom stereocenters. The summed E-state index contributed by atoms with van der Waals surface area (Å²) in [7, 11) is 0. The first-order valence-corrected chi connectivity index (χ1v) is 21.6. The van der Waals surface area contributed by atoms with Gasteiger partial charge in [0.05, 0.1) is 0 Å². The molecular weight excluding hydrogens is 737 g/mol. The van der Waals surface area contributed by atoms with Crippen molar-refractivity contribution in [3.8, 4) is 0 Å². The number of allylic oxidation sites excluding steroid dienone is 20. The number of thioether (sulfide) groups is 1. The van der Waals surface area contributed by atoms with Crippen LogP contribution in [0, 0.1) is 0 Å². The van der Waals surface area contributed by atoms with E-state index in [0.717, 1.165) is 30.4 Å². The van der Waals surface area contributed by atoms with E-state index >= 15 is 0 Å². The summed E-state index contributed by atoms with van der Waals surface area (Å²) in [6.07, 6.45) is 35.3. The maximum Gasteiger partial charge on any atom is 0.0361 e. The molecule has 0 bridgehead atoms. The molecule has 2 heteroatoms. The Labute approximate surface area is 350 Å². The van der Waals surface area contributed by atoms with Gasteiger partial charge in [0.1, 0.15) is 0 Å². The number of fused-ring (bicyclic) bond motifs is 7. The van der Waals surface area contributed by atoms with Crippen molar-refractivity contribution in [3.05, 3.63) is 234 Å². The second-order valence-corrected chi connectivity index (χ2v) is 17.1. The summed E-state index contributed by atoms with van der Waals surface area (Å²) in [5, 5.41) is 10.3. The quantitative estimate of drug-likeness (QED) is 0.109. The minimum atomic E-state index is 0.854. The highest BCUT2D eigenvalue weighted by Gasteiger charge is 2.19. The summed E-state index contributed by atoms with van der Waals surface area (Å²) in [5.41, 5.74) is 8.63. The third-order valence-electron chi connectivity index (χ3n) is 11.1. The highest BCUT2D eigenvalue weighted by Crippen LogP contribution is 2.45. The number of thiophene rings is 1. The number of rotatable bonds is 8. The second-order valence-electron chi connectivity index (χ2n) is 14.8. The molecule has 58 heavy (non-hydrogen) atoms. The molecule has 1 aliphatic heterocycles. The van der Waals surface area contributed by atoms with E-state index in [9.17, 15) is 0 Å². The van der Waals surface area contributed by atoms with Gasteiger partial charge in [-0.05, 0) is 126 Å². The molecule has 0 spiro atoms. The summed E-state index contributed by atoms with van der Waals surface area (Å²) in [6.45, 7) is 10.4. The van der Waals surface area contributed by atoms with Crippen LogP contribution < -0.4 is 0 Å². The molecule has 6 aromatic carbocycles. The minimum absolute atomic E-state index is 0.854. The zero-order valence-corrected chi connectivity index (χ0v) is 34.4. The van der Waals surface area contributed by atoms with Gasteiger partial charge in [-0.3, -0.25) is 0 Å². The molecule has 0 N–H and O–H groups in total. The van der Waals surface area contributed by atoms with Crippen molar-refractivity contribution in [2.24, 2.45) is 0 Å². The zero-order chi connectivity index (χ0) is 39.4. The van der Waals surface area contributed by atoms with Gasteiger partial charge in [0.25, 0.3) is 0 Å². The molecule has 0 saturated carbocycles. The molecule has 2 heterocycles. The Balaban J connectivity index is 1.04. The molecule has 0 fully saturated rings. The summed E-state index contributed by atoms with van der Waals surface area (Å²) in [6, 6.07) is 36.0. The van der Waals surface area contributed by atoms with Crippen molar-refractivity contribution in [2.45, 2.75) is 31.1 Å². The van der Waals surface area contributed by atoms with Crippen LogP contribution in [-0.2, 0) is 6.42 Å². The van der Waals surface area contributed by atoms with Crippen LogP contribution in [0.1, 0.15) is 36.5 Å². The fraction of sp³-hybridized carbons (Fsp3) is 0.0714. The molecule has 0 radical (unpaired) electrons. The van der Waals surface area contributed by atoms with Gasteiger partial charge in [0.15, 0.2) is 0 Å². The van der Waals surface area contributed by atoms with E-state index in [4.69, 9.17) is 0 Å². The normalized spacial score (nSPS) is 17.7. The van der Waals surface area contributed by atoms with Crippen LogP contribution in [-0.4, -0.2) is 0 Å². The fourth-order valence-corrected chi connectivity index (χ4v) is 10.6. The van der Waals surface area contributed by atoms with Gasteiger partial charge in [0, 0.05) is 31.5 Å². The fourth-order valence-electron chi connectivity index (χ4n) is 8.34. The average Bonchev–Trinajstić information content (AvgIpc) is 3.83. The lowest BCUT2D eigenvalue weighted by atomic mass is 9.84. The Bertz CT molecular complexity index is 3030. The monoisotopic (exact) mass is 780 g/mol. The molecule has 0 nitrogen and oxygen atoms in total.